The van der Waals surface area contributed by atoms with Gasteiger partial charge in [0.15, 0.2) is 0 Å². The SMILES string of the molecule is CC1(C)CC(=C(F)B2OC(C)(C)C(C)(C)O2)c2ccccc2O1. The summed E-state index contributed by atoms with van der Waals surface area (Å²) in [6, 6.07) is 7.53. The maximum absolute atomic E-state index is 15.3. The van der Waals surface area contributed by atoms with Gasteiger partial charge in [-0.3, -0.25) is 0 Å². The summed E-state index contributed by atoms with van der Waals surface area (Å²) in [5.41, 5.74) is -0.558. The van der Waals surface area contributed by atoms with Gasteiger partial charge in [0, 0.05) is 12.0 Å². The van der Waals surface area contributed by atoms with E-state index >= 15 is 4.39 Å². The van der Waals surface area contributed by atoms with E-state index in [9.17, 15) is 0 Å². The first-order valence-corrected chi connectivity index (χ1v) is 8.05. The van der Waals surface area contributed by atoms with Crippen LogP contribution in [0.2, 0.25) is 0 Å². The van der Waals surface area contributed by atoms with Crippen molar-refractivity contribution in [3.63, 3.8) is 0 Å². The highest BCUT2D eigenvalue weighted by molar-refractivity contribution is 6.55. The standard InChI is InChI=1S/C18H24BFO3/c1-16(2)11-13(12-9-7-8-10-14(12)21-16)15(20)19-22-17(3,4)18(5,6)23-19/h7-10H,11H2,1-6H3. The van der Waals surface area contributed by atoms with Gasteiger partial charge in [0.2, 0.25) is 0 Å². The quantitative estimate of drug-likeness (QED) is 0.711. The van der Waals surface area contributed by atoms with Crippen molar-refractivity contribution in [2.24, 2.45) is 0 Å². The van der Waals surface area contributed by atoms with Crippen molar-refractivity contribution in [3.8, 4) is 5.75 Å². The van der Waals surface area contributed by atoms with Crippen LogP contribution in [-0.2, 0) is 9.31 Å². The Morgan fingerprint density at radius 2 is 1.57 bits per heavy atom. The van der Waals surface area contributed by atoms with Crippen LogP contribution < -0.4 is 4.74 Å². The molecule has 2 heterocycles. The molecule has 1 aromatic carbocycles. The van der Waals surface area contributed by atoms with Crippen molar-refractivity contribution >= 4 is 12.7 Å². The molecule has 124 valence electrons. The molecule has 0 unspecified atom stereocenters. The van der Waals surface area contributed by atoms with Gasteiger partial charge >= 0.3 is 7.12 Å². The lowest BCUT2D eigenvalue weighted by molar-refractivity contribution is 0.00578. The minimum Gasteiger partial charge on any atom is -0.487 e. The van der Waals surface area contributed by atoms with Crippen LogP contribution in [0.25, 0.3) is 5.57 Å². The Kier molecular flexibility index (Phi) is 3.65. The van der Waals surface area contributed by atoms with Crippen LogP contribution >= 0.6 is 0 Å². The Balaban J connectivity index is 2.04. The smallest absolute Gasteiger partial charge is 0.487 e. The molecule has 0 amide bonds. The van der Waals surface area contributed by atoms with Crippen molar-refractivity contribution in [1.82, 2.24) is 0 Å². The third-order valence-electron chi connectivity index (χ3n) is 4.95. The van der Waals surface area contributed by atoms with Crippen LogP contribution in [0.5, 0.6) is 5.75 Å². The van der Waals surface area contributed by atoms with Gasteiger partial charge in [-0.2, -0.15) is 0 Å². The first-order valence-electron chi connectivity index (χ1n) is 8.05. The number of halogens is 1. The largest absolute Gasteiger partial charge is 0.525 e. The van der Waals surface area contributed by atoms with Gasteiger partial charge in [-0.05, 0) is 53.2 Å². The van der Waals surface area contributed by atoms with E-state index in [1.807, 2.05) is 65.8 Å². The summed E-state index contributed by atoms with van der Waals surface area (Å²) >= 11 is 0. The van der Waals surface area contributed by atoms with E-state index in [4.69, 9.17) is 14.0 Å². The third-order valence-corrected chi connectivity index (χ3v) is 4.95. The van der Waals surface area contributed by atoms with Gasteiger partial charge in [0.1, 0.15) is 17.1 Å². The van der Waals surface area contributed by atoms with E-state index in [1.165, 1.54) is 0 Å². The van der Waals surface area contributed by atoms with Crippen LogP contribution in [0.3, 0.4) is 0 Å². The Labute approximate surface area is 138 Å². The van der Waals surface area contributed by atoms with Gasteiger partial charge in [0.25, 0.3) is 0 Å². The average Bonchev–Trinajstić information content (AvgIpc) is 2.64. The second-order valence-electron chi connectivity index (χ2n) is 7.95. The molecule has 23 heavy (non-hydrogen) atoms. The topological polar surface area (TPSA) is 27.7 Å². The zero-order chi connectivity index (χ0) is 17.0. The summed E-state index contributed by atoms with van der Waals surface area (Å²) < 4.78 is 33.0. The molecule has 0 radical (unpaired) electrons. The summed E-state index contributed by atoms with van der Waals surface area (Å²) in [7, 11) is -0.975. The fraction of sp³-hybridized carbons (Fsp3) is 0.556. The molecule has 0 atom stereocenters. The van der Waals surface area contributed by atoms with Crippen molar-refractivity contribution in [2.75, 3.05) is 0 Å². The van der Waals surface area contributed by atoms with Crippen molar-refractivity contribution < 1.29 is 18.4 Å². The predicted molar refractivity (Wildman–Crippen MR) is 89.9 cm³/mol. The maximum Gasteiger partial charge on any atom is 0.525 e. The monoisotopic (exact) mass is 318 g/mol. The summed E-state index contributed by atoms with van der Waals surface area (Å²) in [4.78, 5) is 0. The van der Waals surface area contributed by atoms with Gasteiger partial charge in [-0.25, -0.2) is 4.39 Å². The highest BCUT2D eigenvalue weighted by atomic mass is 19.1. The molecule has 1 aromatic rings. The maximum atomic E-state index is 15.3. The lowest BCUT2D eigenvalue weighted by Gasteiger charge is -2.34. The van der Waals surface area contributed by atoms with Crippen LogP contribution in [0, 0.1) is 0 Å². The van der Waals surface area contributed by atoms with Crippen LogP contribution in [0.15, 0.2) is 30.0 Å². The van der Waals surface area contributed by atoms with E-state index in [1.54, 1.807) is 0 Å². The molecule has 0 spiro atoms. The minimum absolute atomic E-state index is 0.354. The number of ether oxygens (including phenoxy) is 1. The van der Waals surface area contributed by atoms with Gasteiger partial charge in [0.05, 0.1) is 11.2 Å². The van der Waals surface area contributed by atoms with Crippen molar-refractivity contribution in [3.05, 3.63) is 35.6 Å². The highest BCUT2D eigenvalue weighted by Gasteiger charge is 2.54. The summed E-state index contributed by atoms with van der Waals surface area (Å²) in [5, 5.41) is 0. The molecule has 0 N–H and O–H groups in total. The first kappa shape index (κ1) is 16.5. The number of para-hydroxylation sites is 1. The molecule has 2 aliphatic heterocycles. The minimum atomic E-state index is -0.975. The van der Waals surface area contributed by atoms with Crippen LogP contribution in [0.1, 0.15) is 53.5 Å². The third kappa shape index (κ3) is 2.81. The number of hydrogen-bond acceptors (Lipinski definition) is 3. The van der Waals surface area contributed by atoms with Crippen molar-refractivity contribution in [1.29, 1.82) is 0 Å². The van der Waals surface area contributed by atoms with Crippen LogP contribution in [0.4, 0.5) is 4.39 Å². The number of hydrogen-bond donors (Lipinski definition) is 0. The molecule has 0 aliphatic carbocycles. The fourth-order valence-electron chi connectivity index (χ4n) is 2.96. The second-order valence-corrected chi connectivity index (χ2v) is 7.95. The lowest BCUT2D eigenvalue weighted by atomic mass is 9.78. The lowest BCUT2D eigenvalue weighted by Crippen LogP contribution is -2.41. The number of fused-ring (bicyclic) bond motifs is 1. The van der Waals surface area contributed by atoms with Gasteiger partial charge < -0.3 is 14.0 Å². The first-order chi connectivity index (χ1) is 10.5. The normalized spacial score (nSPS) is 26.5. The average molecular weight is 318 g/mol. The molecule has 3 rings (SSSR count). The molecule has 0 bridgehead atoms. The molecule has 1 fully saturated rings. The molecule has 0 aromatic heterocycles. The second kappa shape index (κ2) is 5.08. The van der Waals surface area contributed by atoms with Gasteiger partial charge in [-0.15, -0.1) is 0 Å². The summed E-state index contributed by atoms with van der Waals surface area (Å²) in [5.74, 6) is 0.699. The fourth-order valence-corrected chi connectivity index (χ4v) is 2.96. The highest BCUT2D eigenvalue weighted by Crippen LogP contribution is 2.45. The summed E-state index contributed by atoms with van der Waals surface area (Å²) in [6.07, 6.45) is 0.472. The predicted octanol–water partition coefficient (Wildman–Crippen LogP) is 4.56. The van der Waals surface area contributed by atoms with E-state index in [2.05, 4.69) is 0 Å². The summed E-state index contributed by atoms with van der Waals surface area (Å²) in [6.45, 7) is 11.6. The van der Waals surface area contributed by atoms with E-state index in [0.717, 1.165) is 5.56 Å². The van der Waals surface area contributed by atoms with E-state index in [-0.39, 0.29) is 5.73 Å². The van der Waals surface area contributed by atoms with E-state index < -0.39 is 23.9 Å². The molecule has 5 heteroatoms. The Morgan fingerprint density at radius 3 is 2.17 bits per heavy atom. The Morgan fingerprint density at radius 1 is 1.00 bits per heavy atom. The van der Waals surface area contributed by atoms with Gasteiger partial charge in [-0.1, -0.05) is 18.2 Å². The molecule has 2 aliphatic rings. The number of benzene rings is 1. The molecular formula is C18H24BFO3. The molecule has 3 nitrogen and oxygen atoms in total. The molecular weight excluding hydrogens is 294 g/mol. The zero-order valence-electron chi connectivity index (χ0n) is 14.7. The van der Waals surface area contributed by atoms with E-state index in [0.29, 0.717) is 17.7 Å². The number of rotatable bonds is 1. The molecule has 0 saturated carbocycles. The Hall–Kier alpha value is -1.33. The van der Waals surface area contributed by atoms with Crippen molar-refractivity contribution in [2.45, 2.75) is 64.8 Å². The Bertz CT molecular complexity index is 648. The zero-order valence-corrected chi connectivity index (χ0v) is 14.7. The van der Waals surface area contributed by atoms with Crippen LogP contribution in [-0.4, -0.2) is 23.9 Å². The molecule has 1 saturated heterocycles.